The number of aromatic nitrogens is 2. The fourth-order valence-electron chi connectivity index (χ4n) is 2.07. The first-order valence-electron chi connectivity index (χ1n) is 6.05. The molecule has 0 saturated heterocycles. The van der Waals surface area contributed by atoms with Crippen molar-refractivity contribution in [2.45, 2.75) is 24.4 Å². The fourth-order valence-corrected chi connectivity index (χ4v) is 3.27. The van der Waals surface area contributed by atoms with Crippen LogP contribution in [0.2, 0.25) is 0 Å². The molecule has 0 fully saturated rings. The highest BCUT2D eigenvalue weighted by Gasteiger charge is 2.21. The first-order chi connectivity index (χ1) is 8.83. The van der Waals surface area contributed by atoms with Gasteiger partial charge in [-0.3, -0.25) is 9.97 Å². The minimum Gasteiger partial charge on any atom is -0.303 e. The minimum atomic E-state index is 0.425. The topological polar surface area (TPSA) is 37.8 Å². The van der Waals surface area contributed by atoms with E-state index >= 15 is 0 Å². The van der Waals surface area contributed by atoms with E-state index in [4.69, 9.17) is 0 Å². The first kappa shape index (κ1) is 11.7. The summed E-state index contributed by atoms with van der Waals surface area (Å²) >= 11 is 1.92. The van der Waals surface area contributed by atoms with Gasteiger partial charge in [-0.2, -0.15) is 0 Å². The largest absolute Gasteiger partial charge is 0.303 e. The number of aryl methyl sites for hydroxylation is 1. The molecule has 4 heteroatoms. The molecule has 1 aliphatic heterocycles. The van der Waals surface area contributed by atoms with Crippen LogP contribution in [0.5, 0.6) is 0 Å². The average Bonchev–Trinajstić information content (AvgIpc) is 2.82. The molecule has 2 aromatic rings. The summed E-state index contributed by atoms with van der Waals surface area (Å²) in [6, 6.07) is 9.01. The van der Waals surface area contributed by atoms with Crippen LogP contribution >= 0.6 is 11.8 Å². The molecule has 2 heterocycles. The van der Waals surface area contributed by atoms with Crippen LogP contribution in [0.1, 0.15) is 23.0 Å². The number of thioether (sulfide) groups is 1. The van der Waals surface area contributed by atoms with E-state index in [0.717, 1.165) is 23.7 Å². The molecule has 18 heavy (non-hydrogen) atoms. The zero-order valence-electron chi connectivity index (χ0n) is 10.3. The number of hydrogen-bond acceptors (Lipinski definition) is 4. The van der Waals surface area contributed by atoms with Crippen molar-refractivity contribution in [1.29, 1.82) is 0 Å². The van der Waals surface area contributed by atoms with Crippen molar-refractivity contribution in [3.8, 4) is 0 Å². The Hall–Kier alpha value is -1.39. The molecule has 0 bridgehead atoms. The lowest BCUT2D eigenvalue weighted by atomic mass is 10.1. The lowest BCUT2D eigenvalue weighted by Gasteiger charge is -2.12. The summed E-state index contributed by atoms with van der Waals surface area (Å²) < 4.78 is 0. The highest BCUT2D eigenvalue weighted by molar-refractivity contribution is 7.99. The Morgan fingerprint density at radius 2 is 2.17 bits per heavy atom. The van der Waals surface area contributed by atoms with Gasteiger partial charge in [-0.1, -0.05) is 18.2 Å². The standard InChI is InChI=1S/C14H15N3S/c1-10-6-16-11(7-15-10)8-17-13-9-18-14-5-3-2-4-12(13)14/h2-7,13,17H,8-9H2,1H3. The molecule has 1 atom stereocenters. The van der Waals surface area contributed by atoms with Crippen molar-refractivity contribution in [2.75, 3.05) is 5.75 Å². The van der Waals surface area contributed by atoms with E-state index < -0.39 is 0 Å². The third-order valence-electron chi connectivity index (χ3n) is 3.06. The van der Waals surface area contributed by atoms with E-state index in [-0.39, 0.29) is 0 Å². The van der Waals surface area contributed by atoms with Gasteiger partial charge in [0.1, 0.15) is 0 Å². The Balaban J connectivity index is 1.67. The molecule has 1 N–H and O–H groups in total. The Kier molecular flexibility index (Phi) is 3.30. The normalized spacial score (nSPS) is 17.7. The predicted molar refractivity (Wildman–Crippen MR) is 73.5 cm³/mol. The molecule has 0 aliphatic carbocycles. The van der Waals surface area contributed by atoms with Crippen LogP contribution < -0.4 is 5.32 Å². The molecule has 0 radical (unpaired) electrons. The summed E-state index contributed by atoms with van der Waals surface area (Å²) in [6.45, 7) is 2.72. The Morgan fingerprint density at radius 1 is 1.28 bits per heavy atom. The van der Waals surface area contributed by atoms with Gasteiger partial charge in [-0.25, -0.2) is 0 Å². The fraction of sp³-hybridized carbons (Fsp3) is 0.286. The number of fused-ring (bicyclic) bond motifs is 1. The molecule has 0 spiro atoms. The summed E-state index contributed by atoms with van der Waals surface area (Å²) in [7, 11) is 0. The van der Waals surface area contributed by atoms with Crippen molar-refractivity contribution in [3.05, 3.63) is 53.6 Å². The maximum Gasteiger partial charge on any atom is 0.0724 e. The molecular formula is C14H15N3S. The summed E-state index contributed by atoms with van der Waals surface area (Å²) in [4.78, 5) is 10.0. The van der Waals surface area contributed by atoms with Gasteiger partial charge in [-0.05, 0) is 18.6 Å². The van der Waals surface area contributed by atoms with E-state index in [0.29, 0.717) is 6.04 Å². The van der Waals surface area contributed by atoms with Gasteiger partial charge in [0.15, 0.2) is 0 Å². The summed E-state index contributed by atoms with van der Waals surface area (Å²) in [5.41, 5.74) is 3.36. The second kappa shape index (κ2) is 5.08. The maximum absolute atomic E-state index is 4.36. The van der Waals surface area contributed by atoms with E-state index in [1.807, 2.05) is 31.1 Å². The number of nitrogens with one attached hydrogen (secondary N) is 1. The zero-order valence-corrected chi connectivity index (χ0v) is 11.1. The lowest BCUT2D eigenvalue weighted by molar-refractivity contribution is 0.575. The molecule has 3 nitrogen and oxygen atoms in total. The molecule has 1 aromatic carbocycles. The van der Waals surface area contributed by atoms with Gasteiger partial charge in [0.2, 0.25) is 0 Å². The minimum absolute atomic E-state index is 0.425. The van der Waals surface area contributed by atoms with E-state index in [9.17, 15) is 0 Å². The summed E-state index contributed by atoms with van der Waals surface area (Å²) in [5.74, 6) is 1.10. The van der Waals surface area contributed by atoms with Crippen LogP contribution in [0.3, 0.4) is 0 Å². The Morgan fingerprint density at radius 3 is 3.00 bits per heavy atom. The van der Waals surface area contributed by atoms with Crippen LogP contribution in [-0.2, 0) is 6.54 Å². The van der Waals surface area contributed by atoms with Crippen LogP contribution in [0.25, 0.3) is 0 Å². The van der Waals surface area contributed by atoms with Crippen molar-refractivity contribution in [1.82, 2.24) is 15.3 Å². The second-order valence-electron chi connectivity index (χ2n) is 4.43. The number of rotatable bonds is 3. The third-order valence-corrected chi connectivity index (χ3v) is 4.25. The van der Waals surface area contributed by atoms with E-state index in [1.165, 1.54) is 10.5 Å². The van der Waals surface area contributed by atoms with Crippen LogP contribution in [-0.4, -0.2) is 15.7 Å². The van der Waals surface area contributed by atoms with Gasteiger partial charge in [0.05, 0.1) is 11.4 Å². The van der Waals surface area contributed by atoms with Crippen molar-refractivity contribution >= 4 is 11.8 Å². The van der Waals surface area contributed by atoms with Crippen LogP contribution in [0.15, 0.2) is 41.6 Å². The highest BCUT2D eigenvalue weighted by atomic mass is 32.2. The first-order valence-corrected chi connectivity index (χ1v) is 7.04. The number of hydrogen-bond donors (Lipinski definition) is 1. The quantitative estimate of drug-likeness (QED) is 0.917. The van der Waals surface area contributed by atoms with Crippen molar-refractivity contribution in [2.24, 2.45) is 0 Å². The molecule has 0 amide bonds. The zero-order chi connectivity index (χ0) is 12.4. The summed E-state index contributed by atoms with van der Waals surface area (Å²) in [5, 5.41) is 3.55. The average molecular weight is 257 g/mol. The molecule has 3 rings (SSSR count). The number of nitrogens with zero attached hydrogens (tertiary/aromatic N) is 2. The highest BCUT2D eigenvalue weighted by Crippen LogP contribution is 2.37. The van der Waals surface area contributed by atoms with Gasteiger partial charge in [0.25, 0.3) is 0 Å². The monoisotopic (exact) mass is 257 g/mol. The van der Waals surface area contributed by atoms with Crippen molar-refractivity contribution in [3.63, 3.8) is 0 Å². The molecule has 0 saturated carbocycles. The van der Waals surface area contributed by atoms with Crippen LogP contribution in [0.4, 0.5) is 0 Å². The molecule has 1 aliphatic rings. The van der Waals surface area contributed by atoms with Gasteiger partial charge in [-0.15, -0.1) is 11.8 Å². The molecule has 92 valence electrons. The SMILES string of the molecule is Cc1cnc(CNC2CSc3ccccc32)cn1. The predicted octanol–water partition coefficient (Wildman–Crippen LogP) is 2.72. The second-order valence-corrected chi connectivity index (χ2v) is 5.49. The Labute approximate surface area is 111 Å². The van der Waals surface area contributed by atoms with Crippen molar-refractivity contribution < 1.29 is 0 Å². The summed E-state index contributed by atoms with van der Waals surface area (Å²) in [6.07, 6.45) is 3.66. The van der Waals surface area contributed by atoms with Crippen LogP contribution in [0, 0.1) is 6.92 Å². The Bertz CT molecular complexity index is 539. The van der Waals surface area contributed by atoms with Gasteiger partial charge >= 0.3 is 0 Å². The smallest absolute Gasteiger partial charge is 0.0724 e. The third kappa shape index (κ3) is 2.40. The maximum atomic E-state index is 4.36. The van der Waals surface area contributed by atoms with E-state index in [2.05, 4.69) is 39.6 Å². The van der Waals surface area contributed by atoms with Gasteiger partial charge < -0.3 is 5.32 Å². The van der Waals surface area contributed by atoms with E-state index in [1.54, 1.807) is 0 Å². The molecule has 1 aromatic heterocycles. The molecular weight excluding hydrogens is 242 g/mol. The number of benzene rings is 1. The molecule has 1 unspecified atom stereocenters. The van der Waals surface area contributed by atoms with Gasteiger partial charge in [0, 0.05) is 35.6 Å². The lowest BCUT2D eigenvalue weighted by Crippen LogP contribution is -2.21.